The van der Waals surface area contributed by atoms with Gasteiger partial charge in [-0.25, -0.2) is 0 Å². The summed E-state index contributed by atoms with van der Waals surface area (Å²) in [6.45, 7) is 0. The minimum absolute atomic E-state index is 0.0435. The number of benzene rings is 1. The number of primary amides is 1. The quantitative estimate of drug-likeness (QED) is 0.467. The molecular formula is C14H16N2O6. The molecule has 0 aliphatic rings. The maximum atomic E-state index is 10.8. The number of hydrogen-bond donors (Lipinski definition) is 6. The van der Waals surface area contributed by atoms with Crippen LogP contribution >= 0.6 is 0 Å². The summed E-state index contributed by atoms with van der Waals surface area (Å²) in [6, 6.07) is 5.17. The zero-order valence-electron chi connectivity index (χ0n) is 11.5. The first-order valence-electron chi connectivity index (χ1n) is 6.39. The average Bonchev–Trinajstić information content (AvgIpc) is 2.67. The molecule has 1 amide bonds. The maximum Gasteiger partial charge on any atom is 0.221 e. The minimum Gasteiger partial charge on any atom is -0.508 e. The fraction of sp³-hybridized carbons (Fsp3) is 0.214. The Balaban J connectivity index is 2.31. The summed E-state index contributed by atoms with van der Waals surface area (Å²) in [6.07, 6.45) is -1.93. The van der Waals surface area contributed by atoms with E-state index in [0.29, 0.717) is 5.56 Å². The van der Waals surface area contributed by atoms with E-state index in [2.05, 4.69) is 0 Å². The number of aromatic hydroxyl groups is 4. The molecule has 0 radical (unpaired) electrons. The number of aliphatic hydroxyl groups is 1. The number of hydrogen-bond acceptors (Lipinski definition) is 6. The molecule has 0 spiro atoms. The summed E-state index contributed by atoms with van der Waals surface area (Å²) in [7, 11) is 0. The predicted octanol–water partition coefficient (Wildman–Crippen LogP) is 0.268. The second kappa shape index (κ2) is 5.86. The number of aliphatic hydroxyl groups excluding tert-OH is 1. The number of amides is 1. The van der Waals surface area contributed by atoms with Crippen LogP contribution in [0.5, 0.6) is 23.3 Å². The van der Waals surface area contributed by atoms with Crippen molar-refractivity contribution in [3.63, 3.8) is 0 Å². The number of aromatic nitrogens is 1. The molecule has 7 N–H and O–H groups in total. The summed E-state index contributed by atoms with van der Waals surface area (Å²) in [5.41, 5.74) is 5.58. The van der Waals surface area contributed by atoms with Crippen molar-refractivity contribution >= 4 is 5.91 Å². The van der Waals surface area contributed by atoms with E-state index in [4.69, 9.17) is 5.73 Å². The second-order valence-corrected chi connectivity index (χ2v) is 4.86. The molecule has 118 valence electrons. The van der Waals surface area contributed by atoms with Crippen molar-refractivity contribution in [3.8, 4) is 23.3 Å². The molecule has 2 rings (SSSR count). The first-order valence-corrected chi connectivity index (χ1v) is 6.39. The Kier molecular flexibility index (Phi) is 4.13. The molecule has 1 aromatic heterocycles. The van der Waals surface area contributed by atoms with Gasteiger partial charge in [-0.2, -0.15) is 0 Å². The highest BCUT2D eigenvalue weighted by molar-refractivity contribution is 5.74. The lowest BCUT2D eigenvalue weighted by atomic mass is 10.1. The van der Waals surface area contributed by atoms with E-state index in [1.807, 2.05) is 0 Å². The van der Waals surface area contributed by atoms with Crippen LogP contribution in [-0.2, 0) is 11.2 Å². The number of carbonyl (C=O) groups excluding carboxylic acids is 1. The van der Waals surface area contributed by atoms with Gasteiger partial charge >= 0.3 is 0 Å². The van der Waals surface area contributed by atoms with Gasteiger partial charge in [-0.1, -0.05) is 6.07 Å². The Morgan fingerprint density at radius 1 is 1.14 bits per heavy atom. The molecule has 8 nitrogen and oxygen atoms in total. The van der Waals surface area contributed by atoms with Gasteiger partial charge in [0.15, 0.2) is 11.8 Å². The smallest absolute Gasteiger partial charge is 0.221 e. The number of carbonyl (C=O) groups is 1. The van der Waals surface area contributed by atoms with Gasteiger partial charge in [-0.15, -0.1) is 0 Å². The molecular weight excluding hydrogens is 292 g/mol. The summed E-state index contributed by atoms with van der Waals surface area (Å²) in [4.78, 5) is 10.8. The zero-order chi connectivity index (χ0) is 16.4. The molecule has 22 heavy (non-hydrogen) atoms. The van der Waals surface area contributed by atoms with Crippen LogP contribution in [0, 0.1) is 0 Å². The van der Waals surface area contributed by atoms with Crippen molar-refractivity contribution in [1.29, 1.82) is 0 Å². The van der Waals surface area contributed by atoms with Gasteiger partial charge in [0.25, 0.3) is 0 Å². The number of phenolic OH excluding ortho intramolecular Hbond substituents is 2. The van der Waals surface area contributed by atoms with Gasteiger partial charge in [0, 0.05) is 24.1 Å². The van der Waals surface area contributed by atoms with Crippen molar-refractivity contribution in [2.45, 2.75) is 19.1 Å². The van der Waals surface area contributed by atoms with Crippen LogP contribution < -0.4 is 5.73 Å². The number of phenols is 2. The van der Waals surface area contributed by atoms with E-state index in [1.165, 1.54) is 18.2 Å². The van der Waals surface area contributed by atoms with Crippen LogP contribution in [0.15, 0.2) is 24.3 Å². The Hall–Kier alpha value is -2.87. The van der Waals surface area contributed by atoms with Crippen LogP contribution in [0.4, 0.5) is 0 Å². The fourth-order valence-corrected chi connectivity index (χ4v) is 2.16. The predicted molar refractivity (Wildman–Crippen MR) is 75.4 cm³/mol. The lowest BCUT2D eigenvalue weighted by Gasteiger charge is -2.13. The van der Waals surface area contributed by atoms with E-state index < -0.39 is 30.3 Å². The monoisotopic (exact) mass is 308 g/mol. The molecule has 0 aliphatic carbocycles. The summed E-state index contributed by atoms with van der Waals surface area (Å²) >= 11 is 0. The van der Waals surface area contributed by atoms with Crippen molar-refractivity contribution in [2.75, 3.05) is 0 Å². The molecule has 0 fully saturated rings. The summed E-state index contributed by atoms with van der Waals surface area (Å²) in [5.74, 6) is -1.97. The summed E-state index contributed by atoms with van der Waals surface area (Å²) < 4.78 is 0.761. The lowest BCUT2D eigenvalue weighted by Crippen LogP contribution is -2.18. The van der Waals surface area contributed by atoms with E-state index in [9.17, 15) is 30.3 Å². The van der Waals surface area contributed by atoms with Gasteiger partial charge in [-0.3, -0.25) is 9.36 Å². The summed E-state index contributed by atoms with van der Waals surface area (Å²) in [5, 5.41) is 48.6. The first-order chi connectivity index (χ1) is 10.3. The Labute approximate surface area is 125 Å². The Morgan fingerprint density at radius 2 is 1.82 bits per heavy atom. The molecule has 1 heterocycles. The highest BCUT2D eigenvalue weighted by atomic mass is 16.3. The van der Waals surface area contributed by atoms with E-state index >= 15 is 0 Å². The molecule has 0 aliphatic heterocycles. The standard InChI is InChI=1S/C14H16N2O6/c15-11(19)6-13(21)16-12(20)4-8(14(16)22)3-7-1-2-9(17)5-10(7)18/h1-2,4-5,13,17-18,20-22H,3,6H2,(H2,15,19). The van der Waals surface area contributed by atoms with Crippen LogP contribution in [0.25, 0.3) is 0 Å². The molecule has 0 saturated carbocycles. The van der Waals surface area contributed by atoms with Crippen molar-refractivity contribution in [2.24, 2.45) is 5.73 Å². The van der Waals surface area contributed by atoms with Crippen molar-refractivity contribution < 1.29 is 30.3 Å². The van der Waals surface area contributed by atoms with Crippen LogP contribution in [-0.4, -0.2) is 36.0 Å². The lowest BCUT2D eigenvalue weighted by molar-refractivity contribution is -0.121. The number of nitrogens with two attached hydrogens (primary N) is 1. The molecule has 0 saturated heterocycles. The van der Waals surface area contributed by atoms with E-state index in [0.717, 1.165) is 10.6 Å². The van der Waals surface area contributed by atoms with Crippen LogP contribution in [0.2, 0.25) is 0 Å². The molecule has 1 aromatic carbocycles. The topological polar surface area (TPSA) is 149 Å². The van der Waals surface area contributed by atoms with Crippen LogP contribution in [0.3, 0.4) is 0 Å². The zero-order valence-corrected chi connectivity index (χ0v) is 11.5. The fourth-order valence-electron chi connectivity index (χ4n) is 2.16. The normalized spacial score (nSPS) is 12.2. The molecule has 8 heteroatoms. The van der Waals surface area contributed by atoms with Gasteiger partial charge in [0.2, 0.25) is 5.91 Å². The van der Waals surface area contributed by atoms with E-state index in [1.54, 1.807) is 0 Å². The number of rotatable bonds is 5. The third kappa shape index (κ3) is 3.07. The molecule has 1 atom stereocenters. The Morgan fingerprint density at radius 3 is 2.41 bits per heavy atom. The first kappa shape index (κ1) is 15.5. The van der Waals surface area contributed by atoms with Gasteiger partial charge in [0.05, 0.1) is 6.42 Å². The average molecular weight is 308 g/mol. The highest BCUT2D eigenvalue weighted by Gasteiger charge is 2.21. The highest BCUT2D eigenvalue weighted by Crippen LogP contribution is 2.35. The van der Waals surface area contributed by atoms with Crippen molar-refractivity contribution in [3.05, 3.63) is 35.4 Å². The molecule has 1 unspecified atom stereocenters. The third-order valence-corrected chi connectivity index (χ3v) is 3.20. The maximum absolute atomic E-state index is 10.8. The Bertz CT molecular complexity index is 710. The molecule has 2 aromatic rings. The molecule has 0 bridgehead atoms. The van der Waals surface area contributed by atoms with Gasteiger partial charge < -0.3 is 31.3 Å². The van der Waals surface area contributed by atoms with Crippen molar-refractivity contribution in [1.82, 2.24) is 4.57 Å². The second-order valence-electron chi connectivity index (χ2n) is 4.86. The minimum atomic E-state index is -1.50. The largest absolute Gasteiger partial charge is 0.508 e. The van der Waals surface area contributed by atoms with Gasteiger partial charge in [-0.05, 0) is 11.6 Å². The van der Waals surface area contributed by atoms with E-state index in [-0.39, 0.29) is 23.5 Å². The van der Waals surface area contributed by atoms with Gasteiger partial charge in [0.1, 0.15) is 17.7 Å². The SMILES string of the molecule is NC(=O)CC(O)n1c(O)cc(Cc2ccc(O)cc2O)c1O. The van der Waals surface area contributed by atoms with Crippen LogP contribution in [0.1, 0.15) is 23.8 Å². The third-order valence-electron chi connectivity index (χ3n) is 3.20. The number of nitrogens with zero attached hydrogens (tertiary/aromatic N) is 1.